The zero-order chi connectivity index (χ0) is 13.9. The molecule has 1 N–H and O–H groups in total. The average Bonchev–Trinajstić information content (AvgIpc) is 2.11. The molecular weight excluding hydrogens is 270 g/mol. The molecule has 2 atom stereocenters. The second-order valence-corrected chi connectivity index (χ2v) is 4.92. The highest BCUT2D eigenvalue weighted by Crippen LogP contribution is 2.21. The van der Waals surface area contributed by atoms with Gasteiger partial charge in [-0.25, -0.2) is 22.3 Å². The monoisotopic (exact) mass is 281 g/mol. The normalized spacial score (nSPS) is 16.4. The molecule has 0 heterocycles. The maximum Gasteiger partial charge on any atom is 0.511 e. The average molecular weight is 281 g/mol. The summed E-state index contributed by atoms with van der Waals surface area (Å²) >= 11 is 0. The van der Waals surface area contributed by atoms with Crippen LogP contribution in [-0.4, -0.2) is 38.7 Å². The topological polar surface area (TPSA) is 72.5 Å². The molecule has 0 aromatic rings. The van der Waals surface area contributed by atoms with Crippen molar-refractivity contribution in [3.05, 3.63) is 0 Å². The van der Waals surface area contributed by atoms with Crippen molar-refractivity contribution in [1.82, 2.24) is 4.72 Å². The number of carbonyl (C=O) groups excluding carboxylic acids is 1. The lowest BCUT2D eigenvalue weighted by Gasteiger charge is -2.15. The van der Waals surface area contributed by atoms with Crippen LogP contribution in [-0.2, 0) is 19.6 Å². The lowest BCUT2D eigenvalue weighted by Crippen LogP contribution is -2.43. The summed E-state index contributed by atoms with van der Waals surface area (Å²) in [7, 11) is -5.50. The van der Waals surface area contributed by atoms with E-state index in [2.05, 4.69) is 4.74 Å². The quantitative estimate of drug-likeness (QED) is 0.595. The fourth-order valence-corrected chi connectivity index (χ4v) is 1.42. The second kappa shape index (κ2) is 5.63. The number of hydrogen-bond acceptors (Lipinski definition) is 4. The number of sulfonamides is 1. The van der Waals surface area contributed by atoms with Gasteiger partial charge in [0.25, 0.3) is 0 Å². The number of ether oxygens (including phenoxy) is 1. The zero-order valence-corrected chi connectivity index (χ0v) is 9.73. The number of hydrogen-bond donors (Lipinski definition) is 1. The van der Waals surface area contributed by atoms with Gasteiger partial charge in [0.1, 0.15) is 6.61 Å². The van der Waals surface area contributed by atoms with Crippen molar-refractivity contribution >= 4 is 16.0 Å². The molecule has 0 saturated heterocycles. The van der Waals surface area contributed by atoms with E-state index < -0.39 is 40.3 Å². The SMILES string of the molecule is CC(COC(=O)C(C)F)NS(=O)(=O)C(F)(F)F. The molecule has 0 aromatic carbocycles. The zero-order valence-electron chi connectivity index (χ0n) is 8.91. The molecule has 0 aliphatic heterocycles. The molecule has 0 aliphatic carbocycles. The molecule has 0 aliphatic rings. The van der Waals surface area contributed by atoms with Gasteiger partial charge in [-0.15, -0.1) is 0 Å². The number of rotatable bonds is 5. The third kappa shape index (κ3) is 5.31. The van der Waals surface area contributed by atoms with Crippen LogP contribution in [0.2, 0.25) is 0 Å². The van der Waals surface area contributed by atoms with Crippen molar-refractivity contribution in [2.75, 3.05) is 6.61 Å². The molecule has 0 rings (SSSR count). The number of halogens is 4. The van der Waals surface area contributed by atoms with Gasteiger partial charge in [-0.1, -0.05) is 0 Å². The van der Waals surface area contributed by atoms with Gasteiger partial charge in [0.05, 0.1) is 6.04 Å². The number of carbonyl (C=O) groups is 1. The maximum absolute atomic E-state index is 12.3. The molecule has 0 amide bonds. The van der Waals surface area contributed by atoms with Crippen molar-refractivity contribution in [3.8, 4) is 0 Å². The molecule has 0 radical (unpaired) electrons. The predicted molar refractivity (Wildman–Crippen MR) is 49.1 cm³/mol. The van der Waals surface area contributed by atoms with Crippen LogP contribution in [0.4, 0.5) is 17.6 Å². The van der Waals surface area contributed by atoms with E-state index in [1.165, 1.54) is 4.72 Å². The fourth-order valence-electron chi connectivity index (χ4n) is 0.688. The summed E-state index contributed by atoms with van der Waals surface area (Å²) in [5.74, 6) is -1.27. The molecule has 0 spiro atoms. The van der Waals surface area contributed by atoms with Gasteiger partial charge >= 0.3 is 21.5 Å². The van der Waals surface area contributed by atoms with Gasteiger partial charge in [-0.2, -0.15) is 13.2 Å². The van der Waals surface area contributed by atoms with Gasteiger partial charge in [0.2, 0.25) is 0 Å². The Morgan fingerprint density at radius 2 is 1.82 bits per heavy atom. The van der Waals surface area contributed by atoms with Gasteiger partial charge in [0.15, 0.2) is 6.17 Å². The minimum absolute atomic E-state index is 0.692. The van der Waals surface area contributed by atoms with Crippen molar-refractivity contribution < 1.29 is 35.5 Å². The Hall–Kier alpha value is -0.900. The highest BCUT2D eigenvalue weighted by molar-refractivity contribution is 7.90. The van der Waals surface area contributed by atoms with Crippen LogP contribution in [0.3, 0.4) is 0 Å². The van der Waals surface area contributed by atoms with E-state index in [1.807, 2.05) is 0 Å². The molecule has 0 saturated carbocycles. The van der Waals surface area contributed by atoms with E-state index in [-0.39, 0.29) is 0 Å². The Kier molecular flexibility index (Phi) is 5.33. The minimum Gasteiger partial charge on any atom is -0.462 e. The summed E-state index contributed by atoms with van der Waals surface area (Å²) in [6.45, 7) is 1.23. The van der Waals surface area contributed by atoms with Crippen LogP contribution >= 0.6 is 0 Å². The Morgan fingerprint density at radius 3 is 2.18 bits per heavy atom. The summed E-state index contributed by atoms with van der Waals surface area (Å²) in [6, 6.07) is -1.32. The minimum atomic E-state index is -5.50. The van der Waals surface area contributed by atoms with Crippen LogP contribution in [0.25, 0.3) is 0 Å². The van der Waals surface area contributed by atoms with E-state index in [1.54, 1.807) is 0 Å². The Balaban J connectivity index is 4.30. The first kappa shape index (κ1) is 16.1. The van der Waals surface area contributed by atoms with Gasteiger partial charge in [-0.3, -0.25) is 0 Å². The smallest absolute Gasteiger partial charge is 0.462 e. The molecule has 2 unspecified atom stereocenters. The van der Waals surface area contributed by atoms with E-state index in [0.29, 0.717) is 0 Å². The second-order valence-electron chi connectivity index (χ2n) is 3.21. The van der Waals surface area contributed by atoms with Gasteiger partial charge < -0.3 is 4.74 Å². The van der Waals surface area contributed by atoms with Crippen molar-refractivity contribution in [1.29, 1.82) is 0 Å². The van der Waals surface area contributed by atoms with E-state index in [0.717, 1.165) is 13.8 Å². The van der Waals surface area contributed by atoms with Crippen molar-refractivity contribution in [2.24, 2.45) is 0 Å². The molecule has 5 nitrogen and oxygen atoms in total. The first-order chi connectivity index (χ1) is 7.47. The summed E-state index contributed by atoms with van der Waals surface area (Å²) in [6.07, 6.45) is -1.93. The van der Waals surface area contributed by atoms with Crippen molar-refractivity contribution in [2.45, 2.75) is 31.6 Å². The van der Waals surface area contributed by atoms with Crippen LogP contribution < -0.4 is 4.72 Å². The van der Waals surface area contributed by atoms with Crippen LogP contribution in [0.5, 0.6) is 0 Å². The molecule has 17 heavy (non-hydrogen) atoms. The molecule has 0 bridgehead atoms. The number of nitrogens with one attached hydrogen (secondary N) is 1. The fraction of sp³-hybridized carbons (Fsp3) is 0.857. The number of esters is 1. The lowest BCUT2D eigenvalue weighted by molar-refractivity contribution is -0.149. The van der Waals surface area contributed by atoms with Crippen molar-refractivity contribution in [3.63, 3.8) is 0 Å². The molecule has 0 fully saturated rings. The van der Waals surface area contributed by atoms with Crippen LogP contribution in [0.1, 0.15) is 13.8 Å². The molecule has 102 valence electrons. The lowest BCUT2D eigenvalue weighted by atomic mass is 10.4. The Morgan fingerprint density at radius 1 is 1.35 bits per heavy atom. The third-order valence-corrected chi connectivity index (χ3v) is 2.78. The molecule has 0 aromatic heterocycles. The molecular formula is C7H11F4NO4S. The van der Waals surface area contributed by atoms with E-state index in [4.69, 9.17) is 0 Å². The highest BCUT2D eigenvalue weighted by atomic mass is 32.2. The van der Waals surface area contributed by atoms with Crippen LogP contribution in [0.15, 0.2) is 0 Å². The Bertz CT molecular complexity index is 365. The Labute approximate surface area is 95.2 Å². The third-order valence-electron chi connectivity index (χ3n) is 1.46. The first-order valence-electron chi connectivity index (χ1n) is 4.36. The first-order valence-corrected chi connectivity index (χ1v) is 5.85. The summed E-state index contributed by atoms with van der Waals surface area (Å²) in [5, 5.41) is 0. The van der Waals surface area contributed by atoms with Crippen LogP contribution in [0, 0.1) is 0 Å². The standard InChI is InChI=1S/C7H11F4NO4S/c1-4(3-16-6(13)5(2)8)12-17(14,15)7(9,10)11/h4-5,12H,3H2,1-2H3. The highest BCUT2D eigenvalue weighted by Gasteiger charge is 2.46. The predicted octanol–water partition coefficient (Wildman–Crippen LogP) is 0.715. The van der Waals surface area contributed by atoms with E-state index >= 15 is 0 Å². The number of alkyl halides is 4. The summed E-state index contributed by atoms with van der Waals surface area (Å²) in [5.41, 5.74) is -5.45. The summed E-state index contributed by atoms with van der Waals surface area (Å²) in [4.78, 5) is 10.6. The van der Waals surface area contributed by atoms with Gasteiger partial charge in [-0.05, 0) is 13.8 Å². The van der Waals surface area contributed by atoms with Gasteiger partial charge in [0, 0.05) is 0 Å². The van der Waals surface area contributed by atoms with E-state index in [9.17, 15) is 30.8 Å². The summed E-state index contributed by atoms with van der Waals surface area (Å²) < 4.78 is 74.6. The largest absolute Gasteiger partial charge is 0.511 e. The molecule has 10 heteroatoms. The maximum atomic E-state index is 12.3.